The minimum Gasteiger partial charge on any atom is -0.392 e. The number of carbonyl (C=O) groups excluding carboxylic acids is 1. The number of hydrogen-bond donors (Lipinski definition) is 2. The highest BCUT2D eigenvalue weighted by Gasteiger charge is 2.38. The van der Waals surface area contributed by atoms with Crippen LogP contribution in [0.1, 0.15) is 51.9 Å². The second kappa shape index (κ2) is 14.4. The zero-order valence-electron chi connectivity index (χ0n) is 24.7. The molecule has 4 aromatic rings. The largest absolute Gasteiger partial charge is 0.392 e. The van der Waals surface area contributed by atoms with E-state index in [1.807, 2.05) is 42.5 Å². The molecule has 7 nitrogen and oxygen atoms in total. The van der Waals surface area contributed by atoms with Crippen LogP contribution in [0.25, 0.3) is 11.1 Å². The highest BCUT2D eigenvalue weighted by Crippen LogP contribution is 2.42. The molecule has 3 aromatic carbocycles. The van der Waals surface area contributed by atoms with E-state index in [1.54, 1.807) is 24.5 Å². The molecule has 1 aliphatic heterocycles. The van der Waals surface area contributed by atoms with E-state index in [0.717, 1.165) is 46.5 Å². The zero-order chi connectivity index (χ0) is 30.2. The molecule has 43 heavy (non-hydrogen) atoms. The van der Waals surface area contributed by atoms with Crippen LogP contribution in [-0.4, -0.2) is 47.1 Å². The Bertz CT molecular complexity index is 1490. The minimum atomic E-state index is -0.524. The fourth-order valence-electron chi connectivity index (χ4n) is 5.41. The van der Waals surface area contributed by atoms with Gasteiger partial charge in [-0.2, -0.15) is 0 Å². The standard InChI is InChI=1S/C36H39N3O4/c1-4-19-39(3)23-33-25(2)34(29-12-10-26(24-40)11-13-29)43-36(42-33)30-16-14-28(15-17-30)31-8-5-7-27(20-31)21-38-35(41)32-9-6-18-37-22-32/h4-18,20,22,25,33-34,36,40H,1,19,21,23-24H2,2-3H3,(H,38,41). The van der Waals surface area contributed by atoms with Crippen molar-refractivity contribution in [1.82, 2.24) is 15.2 Å². The average molecular weight is 578 g/mol. The lowest BCUT2D eigenvalue weighted by Crippen LogP contribution is -2.43. The lowest BCUT2D eigenvalue weighted by molar-refractivity contribution is -0.275. The number of aromatic nitrogens is 1. The van der Waals surface area contributed by atoms with Crippen molar-refractivity contribution in [2.45, 2.75) is 38.6 Å². The van der Waals surface area contributed by atoms with Crippen molar-refractivity contribution in [2.75, 3.05) is 20.1 Å². The Morgan fingerprint density at radius 1 is 0.977 bits per heavy atom. The second-order valence-electron chi connectivity index (χ2n) is 11.1. The third-order valence-electron chi connectivity index (χ3n) is 7.88. The highest BCUT2D eigenvalue weighted by molar-refractivity contribution is 5.93. The van der Waals surface area contributed by atoms with Gasteiger partial charge < -0.3 is 24.8 Å². The van der Waals surface area contributed by atoms with Crippen LogP contribution in [0.15, 0.2) is 110 Å². The summed E-state index contributed by atoms with van der Waals surface area (Å²) in [4.78, 5) is 18.7. The average Bonchev–Trinajstić information content (AvgIpc) is 3.05. The smallest absolute Gasteiger partial charge is 0.253 e. The van der Waals surface area contributed by atoms with Gasteiger partial charge in [-0.3, -0.25) is 9.78 Å². The maximum absolute atomic E-state index is 12.4. The summed E-state index contributed by atoms with van der Waals surface area (Å²) in [5.74, 6) is -0.0366. The van der Waals surface area contributed by atoms with Gasteiger partial charge in [0.15, 0.2) is 6.29 Å². The van der Waals surface area contributed by atoms with Crippen molar-refractivity contribution in [1.29, 1.82) is 0 Å². The fraction of sp³-hybridized carbons (Fsp3) is 0.278. The van der Waals surface area contributed by atoms with Gasteiger partial charge in [0.05, 0.1) is 24.4 Å². The van der Waals surface area contributed by atoms with Gasteiger partial charge in [-0.25, -0.2) is 0 Å². The van der Waals surface area contributed by atoms with E-state index >= 15 is 0 Å². The van der Waals surface area contributed by atoms with Gasteiger partial charge in [0, 0.05) is 43.5 Å². The Labute approximate surface area is 253 Å². The minimum absolute atomic E-state index is 0.0113. The number of carbonyl (C=O) groups is 1. The van der Waals surface area contributed by atoms with Gasteiger partial charge >= 0.3 is 0 Å². The summed E-state index contributed by atoms with van der Waals surface area (Å²) in [5.41, 5.74) is 6.56. The highest BCUT2D eigenvalue weighted by atomic mass is 16.7. The number of likely N-dealkylation sites (N-methyl/N-ethyl adjacent to an activating group) is 1. The van der Waals surface area contributed by atoms with Crippen LogP contribution in [0.2, 0.25) is 0 Å². The van der Waals surface area contributed by atoms with Crippen LogP contribution in [-0.2, 0) is 22.6 Å². The topological polar surface area (TPSA) is 83.9 Å². The molecule has 0 radical (unpaired) electrons. The Kier molecular flexibility index (Phi) is 10.1. The van der Waals surface area contributed by atoms with Gasteiger partial charge in [-0.05, 0) is 53.1 Å². The molecule has 1 aliphatic rings. The number of pyridine rings is 1. The second-order valence-corrected chi connectivity index (χ2v) is 11.1. The van der Waals surface area contributed by atoms with E-state index in [4.69, 9.17) is 9.47 Å². The van der Waals surface area contributed by atoms with Crippen LogP contribution in [0.5, 0.6) is 0 Å². The summed E-state index contributed by atoms with van der Waals surface area (Å²) < 4.78 is 13.2. The molecule has 0 spiro atoms. The molecule has 1 aromatic heterocycles. The molecule has 0 aliphatic carbocycles. The molecule has 0 saturated carbocycles. The number of aliphatic hydroxyl groups excluding tert-OH is 1. The molecule has 7 heteroatoms. The molecule has 1 saturated heterocycles. The molecular weight excluding hydrogens is 538 g/mol. The monoisotopic (exact) mass is 577 g/mol. The quantitative estimate of drug-likeness (QED) is 0.210. The number of rotatable bonds is 11. The van der Waals surface area contributed by atoms with E-state index in [1.165, 1.54) is 0 Å². The molecule has 0 bridgehead atoms. The normalized spacial score (nSPS) is 20.1. The first-order valence-electron chi connectivity index (χ1n) is 14.6. The number of nitrogens with one attached hydrogen (secondary N) is 1. The fourth-order valence-corrected chi connectivity index (χ4v) is 5.41. The van der Waals surface area contributed by atoms with Crippen LogP contribution in [0, 0.1) is 5.92 Å². The number of hydrogen-bond acceptors (Lipinski definition) is 6. The van der Waals surface area contributed by atoms with Gasteiger partial charge in [-0.1, -0.05) is 79.7 Å². The van der Waals surface area contributed by atoms with E-state index in [2.05, 4.69) is 72.1 Å². The Hall–Kier alpha value is -4.14. The molecule has 5 rings (SSSR count). The summed E-state index contributed by atoms with van der Waals surface area (Å²) in [5, 5.41) is 12.5. The van der Waals surface area contributed by atoms with Crippen LogP contribution in [0.3, 0.4) is 0 Å². The number of aliphatic hydroxyl groups is 1. The SMILES string of the molecule is C=CCN(C)CC1OC(c2ccc(-c3cccc(CNC(=O)c4cccnc4)c3)cc2)OC(c2ccc(CO)cc2)C1C. The summed E-state index contributed by atoms with van der Waals surface area (Å²) >= 11 is 0. The van der Waals surface area contributed by atoms with Crippen LogP contribution < -0.4 is 5.32 Å². The Balaban J connectivity index is 1.31. The molecule has 4 unspecified atom stereocenters. The summed E-state index contributed by atoms with van der Waals surface area (Å²) in [7, 11) is 2.07. The molecule has 222 valence electrons. The molecule has 2 heterocycles. The predicted octanol–water partition coefficient (Wildman–Crippen LogP) is 6.08. The first kappa shape index (κ1) is 30.3. The first-order valence-corrected chi connectivity index (χ1v) is 14.6. The summed E-state index contributed by atoms with van der Waals surface area (Å²) in [6.07, 6.45) is 4.37. The van der Waals surface area contributed by atoms with Crippen molar-refractivity contribution >= 4 is 5.91 Å². The van der Waals surface area contributed by atoms with E-state index < -0.39 is 6.29 Å². The molecule has 1 fully saturated rings. The lowest BCUT2D eigenvalue weighted by Gasteiger charge is -2.42. The van der Waals surface area contributed by atoms with Crippen molar-refractivity contribution in [3.8, 4) is 11.1 Å². The van der Waals surface area contributed by atoms with Crippen molar-refractivity contribution in [3.63, 3.8) is 0 Å². The van der Waals surface area contributed by atoms with Crippen LogP contribution >= 0.6 is 0 Å². The third kappa shape index (κ3) is 7.63. The van der Waals surface area contributed by atoms with Crippen molar-refractivity contribution in [3.05, 3.63) is 138 Å². The zero-order valence-corrected chi connectivity index (χ0v) is 24.7. The predicted molar refractivity (Wildman–Crippen MR) is 168 cm³/mol. The molecule has 4 atom stereocenters. The first-order chi connectivity index (χ1) is 20.9. The van der Waals surface area contributed by atoms with Gasteiger partial charge in [0.25, 0.3) is 5.91 Å². The molecular formula is C36H39N3O4. The number of amides is 1. The Morgan fingerprint density at radius 3 is 2.44 bits per heavy atom. The van der Waals surface area contributed by atoms with Gasteiger partial charge in [0.2, 0.25) is 0 Å². The van der Waals surface area contributed by atoms with E-state index in [0.29, 0.717) is 12.1 Å². The third-order valence-corrected chi connectivity index (χ3v) is 7.88. The maximum atomic E-state index is 12.4. The van der Waals surface area contributed by atoms with Gasteiger partial charge in [-0.15, -0.1) is 6.58 Å². The number of benzene rings is 3. The van der Waals surface area contributed by atoms with E-state index in [9.17, 15) is 9.90 Å². The molecule has 2 N–H and O–H groups in total. The summed E-state index contributed by atoms with van der Waals surface area (Å²) in [6.45, 7) is 8.00. The van der Waals surface area contributed by atoms with E-state index in [-0.39, 0.29) is 30.6 Å². The summed E-state index contributed by atoms with van der Waals surface area (Å²) in [6, 6.07) is 27.9. The Morgan fingerprint density at radius 2 is 1.74 bits per heavy atom. The number of ether oxygens (including phenoxy) is 2. The number of nitrogens with zero attached hydrogens (tertiary/aromatic N) is 2. The maximum Gasteiger partial charge on any atom is 0.253 e. The van der Waals surface area contributed by atoms with Crippen molar-refractivity contribution in [2.24, 2.45) is 5.92 Å². The van der Waals surface area contributed by atoms with Crippen molar-refractivity contribution < 1.29 is 19.4 Å². The lowest BCUT2D eigenvalue weighted by atomic mass is 9.90. The molecule has 1 amide bonds. The van der Waals surface area contributed by atoms with Crippen LogP contribution in [0.4, 0.5) is 0 Å². The van der Waals surface area contributed by atoms with Gasteiger partial charge in [0.1, 0.15) is 0 Å².